The van der Waals surface area contributed by atoms with Crippen LogP contribution < -0.4 is 0 Å². The van der Waals surface area contributed by atoms with E-state index in [-0.39, 0.29) is 0 Å². The van der Waals surface area contributed by atoms with Crippen LogP contribution in [-0.2, 0) is 0 Å². The standard InChI is InChI=1S/C59H36N2/c1-2-17-41(18-3-1)61-53-30-11-10-29-52(53)60-59(61)58-50-23-8-6-21-46(50)54(47-22-7-9-24-51(47)58)40-33-31-37(32-34-40)42-25-14-28-49-48-27-13-16-39-36-35-38-15-12-26-44(55(38)56(39)48)43-19-4-5-20-45(43)57(42)49/h1-36H. The summed E-state index contributed by atoms with van der Waals surface area (Å²) in [5.41, 5.74) is 9.13. The summed E-state index contributed by atoms with van der Waals surface area (Å²) in [5, 5.41) is 17.5. The van der Waals surface area contributed by atoms with E-state index < -0.39 is 0 Å². The summed E-state index contributed by atoms with van der Waals surface area (Å²) in [7, 11) is 0. The molecule has 0 saturated carbocycles. The molecule has 0 radical (unpaired) electrons. The molecule has 12 aromatic carbocycles. The zero-order chi connectivity index (χ0) is 40.0. The lowest BCUT2D eigenvalue weighted by Crippen LogP contribution is -1.99. The van der Waals surface area contributed by atoms with Crippen LogP contribution in [-0.4, -0.2) is 9.55 Å². The van der Waals surface area contributed by atoms with Gasteiger partial charge in [-0.3, -0.25) is 4.57 Å². The summed E-state index contributed by atoms with van der Waals surface area (Å²) in [6.07, 6.45) is 0. The summed E-state index contributed by atoms with van der Waals surface area (Å²) < 4.78 is 2.32. The quantitative estimate of drug-likeness (QED) is 0.129. The highest BCUT2D eigenvalue weighted by Gasteiger charge is 2.22. The fourth-order valence-corrected chi connectivity index (χ4v) is 10.4. The van der Waals surface area contributed by atoms with E-state index in [1.807, 2.05) is 0 Å². The molecule has 0 atom stereocenters. The predicted octanol–water partition coefficient (Wildman–Crippen LogP) is 16.1. The minimum Gasteiger partial charge on any atom is -0.292 e. The molecule has 0 aliphatic rings. The van der Waals surface area contributed by atoms with Crippen molar-refractivity contribution >= 4 is 86.4 Å². The fraction of sp³-hybridized carbons (Fsp3) is 0. The van der Waals surface area contributed by atoms with E-state index in [1.54, 1.807) is 0 Å². The van der Waals surface area contributed by atoms with E-state index in [9.17, 15) is 0 Å². The minimum absolute atomic E-state index is 0.942. The van der Waals surface area contributed by atoms with Crippen LogP contribution in [0.4, 0.5) is 0 Å². The number of hydrogen-bond acceptors (Lipinski definition) is 1. The summed E-state index contributed by atoms with van der Waals surface area (Å²) in [6, 6.07) is 80.0. The van der Waals surface area contributed by atoms with Crippen molar-refractivity contribution in [2.45, 2.75) is 0 Å². The average Bonchev–Trinajstić information content (AvgIpc) is 3.71. The molecule has 282 valence electrons. The van der Waals surface area contributed by atoms with Gasteiger partial charge in [-0.25, -0.2) is 4.98 Å². The van der Waals surface area contributed by atoms with E-state index in [0.29, 0.717) is 0 Å². The minimum atomic E-state index is 0.942. The molecule has 2 heteroatoms. The Morgan fingerprint density at radius 2 is 0.754 bits per heavy atom. The van der Waals surface area contributed by atoms with Crippen molar-refractivity contribution in [1.29, 1.82) is 0 Å². The first-order valence-electron chi connectivity index (χ1n) is 21.1. The van der Waals surface area contributed by atoms with Gasteiger partial charge in [-0.2, -0.15) is 0 Å². The molecule has 0 aliphatic heterocycles. The molecule has 0 aliphatic carbocycles. The molecule has 61 heavy (non-hydrogen) atoms. The number of nitrogens with zero attached hydrogens (tertiary/aromatic N) is 2. The van der Waals surface area contributed by atoms with Crippen molar-refractivity contribution in [1.82, 2.24) is 9.55 Å². The fourth-order valence-electron chi connectivity index (χ4n) is 10.4. The molecule has 1 heterocycles. The number of benzene rings is 11. The zero-order valence-electron chi connectivity index (χ0n) is 33.2. The van der Waals surface area contributed by atoms with Gasteiger partial charge in [0.15, 0.2) is 0 Å². The Morgan fingerprint density at radius 3 is 1.41 bits per heavy atom. The highest BCUT2D eigenvalue weighted by molar-refractivity contribution is 6.34. The Morgan fingerprint density at radius 1 is 0.295 bits per heavy atom. The predicted molar refractivity (Wildman–Crippen MR) is 260 cm³/mol. The van der Waals surface area contributed by atoms with Crippen LogP contribution in [0.2, 0.25) is 0 Å². The van der Waals surface area contributed by atoms with Gasteiger partial charge in [-0.15, -0.1) is 0 Å². The molecule has 2 nitrogen and oxygen atoms in total. The van der Waals surface area contributed by atoms with Gasteiger partial charge in [0, 0.05) is 11.3 Å². The van der Waals surface area contributed by atoms with Gasteiger partial charge < -0.3 is 0 Å². The summed E-state index contributed by atoms with van der Waals surface area (Å²) in [6.45, 7) is 0. The van der Waals surface area contributed by atoms with E-state index in [4.69, 9.17) is 4.98 Å². The van der Waals surface area contributed by atoms with E-state index >= 15 is 0 Å². The molecular formula is C59H36N2. The lowest BCUT2D eigenvalue weighted by atomic mass is 9.86. The van der Waals surface area contributed by atoms with Crippen LogP contribution in [0.25, 0.3) is 126 Å². The second-order valence-corrected chi connectivity index (χ2v) is 16.2. The van der Waals surface area contributed by atoms with Gasteiger partial charge in [-0.1, -0.05) is 194 Å². The maximum atomic E-state index is 5.37. The van der Waals surface area contributed by atoms with Crippen molar-refractivity contribution in [3.63, 3.8) is 0 Å². The molecule has 13 rings (SSSR count). The van der Waals surface area contributed by atoms with Crippen LogP contribution in [0, 0.1) is 0 Å². The summed E-state index contributed by atoms with van der Waals surface area (Å²) in [4.78, 5) is 5.37. The lowest BCUT2D eigenvalue weighted by Gasteiger charge is -2.19. The van der Waals surface area contributed by atoms with Gasteiger partial charge >= 0.3 is 0 Å². The molecule has 0 bridgehead atoms. The number of fused-ring (bicyclic) bond motifs is 8. The molecule has 0 fully saturated rings. The third-order valence-corrected chi connectivity index (χ3v) is 12.9. The molecular weight excluding hydrogens is 737 g/mol. The Kier molecular flexibility index (Phi) is 7.34. The van der Waals surface area contributed by atoms with Crippen LogP contribution in [0.5, 0.6) is 0 Å². The number of para-hydroxylation sites is 3. The van der Waals surface area contributed by atoms with Crippen molar-refractivity contribution in [3.05, 3.63) is 218 Å². The van der Waals surface area contributed by atoms with Crippen LogP contribution in [0.1, 0.15) is 0 Å². The Labute approximate surface area is 352 Å². The van der Waals surface area contributed by atoms with Crippen molar-refractivity contribution in [2.75, 3.05) is 0 Å². The molecule has 0 unspecified atom stereocenters. The molecule has 0 spiro atoms. The largest absolute Gasteiger partial charge is 0.292 e. The molecule has 0 N–H and O–H groups in total. The van der Waals surface area contributed by atoms with E-state index in [0.717, 1.165) is 28.1 Å². The third kappa shape index (κ3) is 5.00. The van der Waals surface area contributed by atoms with Crippen LogP contribution in [0.15, 0.2) is 218 Å². The normalized spacial score (nSPS) is 11.9. The first kappa shape index (κ1) is 33.9. The lowest BCUT2D eigenvalue weighted by molar-refractivity contribution is 1.11. The molecule has 13 aromatic rings. The summed E-state index contributed by atoms with van der Waals surface area (Å²) >= 11 is 0. The Balaban J connectivity index is 1.06. The van der Waals surface area contributed by atoms with Crippen LogP contribution in [0.3, 0.4) is 0 Å². The first-order valence-corrected chi connectivity index (χ1v) is 21.1. The molecule has 0 amide bonds. The van der Waals surface area contributed by atoms with E-state index in [2.05, 4.69) is 223 Å². The second kappa shape index (κ2) is 13.2. The van der Waals surface area contributed by atoms with Gasteiger partial charge in [0.25, 0.3) is 0 Å². The maximum Gasteiger partial charge on any atom is 0.146 e. The zero-order valence-corrected chi connectivity index (χ0v) is 33.2. The van der Waals surface area contributed by atoms with Gasteiger partial charge in [0.1, 0.15) is 5.82 Å². The topological polar surface area (TPSA) is 17.8 Å². The summed E-state index contributed by atoms with van der Waals surface area (Å²) in [5.74, 6) is 0.942. The smallest absolute Gasteiger partial charge is 0.146 e. The Bertz CT molecular complexity index is 3860. The maximum absolute atomic E-state index is 5.37. The van der Waals surface area contributed by atoms with Gasteiger partial charge in [0.2, 0.25) is 0 Å². The van der Waals surface area contributed by atoms with Gasteiger partial charge in [0.05, 0.1) is 11.0 Å². The first-order chi connectivity index (χ1) is 30.3. The monoisotopic (exact) mass is 772 g/mol. The van der Waals surface area contributed by atoms with E-state index in [1.165, 1.54) is 97.7 Å². The number of hydrogen-bond donors (Lipinski definition) is 0. The van der Waals surface area contributed by atoms with Gasteiger partial charge in [-0.05, 0) is 122 Å². The van der Waals surface area contributed by atoms with Crippen molar-refractivity contribution < 1.29 is 0 Å². The highest BCUT2D eigenvalue weighted by Crippen LogP contribution is 2.46. The Hall–Kier alpha value is -8.07. The molecule has 1 aromatic heterocycles. The van der Waals surface area contributed by atoms with Crippen molar-refractivity contribution in [2.24, 2.45) is 0 Å². The number of imidazole rings is 1. The third-order valence-electron chi connectivity index (χ3n) is 12.9. The van der Waals surface area contributed by atoms with Crippen LogP contribution >= 0.6 is 0 Å². The average molecular weight is 773 g/mol. The van der Waals surface area contributed by atoms with Crippen molar-refractivity contribution in [3.8, 4) is 39.3 Å². The highest BCUT2D eigenvalue weighted by atomic mass is 15.1. The number of aromatic nitrogens is 2. The second-order valence-electron chi connectivity index (χ2n) is 16.2. The SMILES string of the molecule is c1ccc(-n2c(-c3c4ccccc4c(-c4ccc(-c5cccc6c7cccc8ccc9cccc(c%10ccccc%10c56)c9c87)cc4)c4ccccc34)nc3ccccc32)cc1. The number of rotatable bonds is 4. The molecule has 0 saturated heterocycles.